The third-order valence-corrected chi connectivity index (χ3v) is 1.21. The Balaban J connectivity index is 4.03. The highest BCUT2D eigenvalue weighted by Gasteiger charge is 2.44. The van der Waals surface area contributed by atoms with Gasteiger partial charge in [-0.3, -0.25) is 4.79 Å². The normalized spacial score (nSPS) is 14.3. The van der Waals surface area contributed by atoms with Crippen LogP contribution in [-0.2, 0) is 9.53 Å². The second-order valence-electron chi connectivity index (χ2n) is 1.66. The highest BCUT2D eigenvalue weighted by molar-refractivity contribution is 6.30. The minimum Gasteiger partial charge on any atom is -0.465 e. The summed E-state index contributed by atoms with van der Waals surface area (Å²) in [5.41, 5.74) is 0. The molecule has 0 aromatic heterocycles. The van der Waals surface area contributed by atoms with E-state index in [1.165, 1.54) is 6.92 Å². The van der Waals surface area contributed by atoms with E-state index >= 15 is 0 Å². The molecule has 0 aliphatic rings. The van der Waals surface area contributed by atoms with Crippen LogP contribution >= 0.6 is 11.6 Å². The SMILES string of the molecule is CCOC(=O)C(Cl)C(F)(F)F. The lowest BCUT2D eigenvalue weighted by Gasteiger charge is -2.11. The Morgan fingerprint density at radius 2 is 2.09 bits per heavy atom. The monoisotopic (exact) mass is 190 g/mol. The molecule has 0 saturated carbocycles. The number of hydrogen-bond acceptors (Lipinski definition) is 2. The average Bonchev–Trinajstić information content (AvgIpc) is 1.85. The summed E-state index contributed by atoms with van der Waals surface area (Å²) in [6, 6.07) is 0. The zero-order valence-electron chi connectivity index (χ0n) is 5.61. The van der Waals surface area contributed by atoms with E-state index in [2.05, 4.69) is 16.3 Å². The summed E-state index contributed by atoms with van der Waals surface area (Å²) in [6.45, 7) is 1.29. The van der Waals surface area contributed by atoms with Gasteiger partial charge in [-0.15, -0.1) is 11.6 Å². The van der Waals surface area contributed by atoms with Gasteiger partial charge in [0, 0.05) is 0 Å². The molecule has 2 nitrogen and oxygen atoms in total. The molecule has 1 unspecified atom stereocenters. The molecule has 11 heavy (non-hydrogen) atoms. The van der Waals surface area contributed by atoms with Gasteiger partial charge in [-0.25, -0.2) is 0 Å². The van der Waals surface area contributed by atoms with Crippen molar-refractivity contribution in [3.63, 3.8) is 0 Å². The molecular formula is C5H6ClF3O2. The van der Waals surface area contributed by atoms with E-state index in [9.17, 15) is 18.0 Å². The van der Waals surface area contributed by atoms with Crippen LogP contribution in [0.15, 0.2) is 0 Å². The summed E-state index contributed by atoms with van der Waals surface area (Å²) in [5, 5.41) is -2.55. The lowest BCUT2D eigenvalue weighted by molar-refractivity contribution is -0.168. The minimum atomic E-state index is -4.73. The van der Waals surface area contributed by atoms with Crippen molar-refractivity contribution in [2.24, 2.45) is 0 Å². The Morgan fingerprint density at radius 1 is 1.64 bits per heavy atom. The standard InChI is InChI=1S/C5H6ClF3O2/c1-2-11-4(10)3(6)5(7,8)9/h3H,2H2,1H3. The summed E-state index contributed by atoms with van der Waals surface area (Å²) in [6.07, 6.45) is -4.73. The minimum absolute atomic E-state index is 0.113. The van der Waals surface area contributed by atoms with Gasteiger partial charge in [0.05, 0.1) is 6.61 Å². The summed E-state index contributed by atoms with van der Waals surface area (Å²) in [5.74, 6) is -1.46. The summed E-state index contributed by atoms with van der Waals surface area (Å²) < 4.78 is 38.8. The number of carbonyl (C=O) groups is 1. The first-order valence-corrected chi connectivity index (χ1v) is 3.20. The average molecular weight is 191 g/mol. The van der Waals surface area contributed by atoms with Crippen molar-refractivity contribution < 1.29 is 22.7 Å². The van der Waals surface area contributed by atoms with E-state index in [1.807, 2.05) is 0 Å². The Kier molecular flexibility index (Phi) is 3.65. The smallest absolute Gasteiger partial charge is 0.415 e. The maximum Gasteiger partial charge on any atom is 0.415 e. The fourth-order valence-electron chi connectivity index (χ4n) is 0.349. The van der Waals surface area contributed by atoms with Crippen LogP contribution in [0.4, 0.5) is 13.2 Å². The molecule has 0 aliphatic heterocycles. The molecule has 0 fully saturated rings. The van der Waals surface area contributed by atoms with E-state index in [0.717, 1.165) is 0 Å². The van der Waals surface area contributed by atoms with Crippen LogP contribution in [0, 0.1) is 0 Å². The van der Waals surface area contributed by atoms with Gasteiger partial charge < -0.3 is 4.74 Å². The maximum atomic E-state index is 11.6. The van der Waals surface area contributed by atoms with Crippen LogP contribution in [-0.4, -0.2) is 24.1 Å². The number of rotatable bonds is 2. The third-order valence-electron chi connectivity index (χ3n) is 0.781. The predicted octanol–water partition coefficient (Wildman–Crippen LogP) is 1.72. The number of carbonyl (C=O) groups excluding carboxylic acids is 1. The Labute approximate surface area is 66.3 Å². The zero-order valence-corrected chi connectivity index (χ0v) is 6.37. The highest BCUT2D eigenvalue weighted by atomic mass is 35.5. The fraction of sp³-hybridized carbons (Fsp3) is 0.800. The van der Waals surface area contributed by atoms with Gasteiger partial charge in [-0.2, -0.15) is 13.2 Å². The summed E-state index contributed by atoms with van der Waals surface area (Å²) in [7, 11) is 0. The van der Waals surface area contributed by atoms with Crippen LogP contribution in [0.3, 0.4) is 0 Å². The summed E-state index contributed by atoms with van der Waals surface area (Å²) >= 11 is 4.69. The molecule has 0 aliphatic carbocycles. The van der Waals surface area contributed by atoms with E-state index in [0.29, 0.717) is 0 Å². The lowest BCUT2D eigenvalue weighted by Crippen LogP contribution is -2.33. The van der Waals surface area contributed by atoms with Gasteiger partial charge in [0.2, 0.25) is 5.38 Å². The third kappa shape index (κ3) is 3.46. The molecule has 0 aromatic rings. The molecule has 6 heteroatoms. The quantitative estimate of drug-likeness (QED) is 0.490. The Bertz CT molecular complexity index is 145. The van der Waals surface area contributed by atoms with Crippen molar-refractivity contribution in [1.29, 1.82) is 0 Å². The number of hydrogen-bond donors (Lipinski definition) is 0. The van der Waals surface area contributed by atoms with E-state index in [4.69, 9.17) is 0 Å². The van der Waals surface area contributed by atoms with Gasteiger partial charge in [-0.05, 0) is 6.92 Å². The number of alkyl halides is 4. The van der Waals surface area contributed by atoms with Crippen LogP contribution in [0.25, 0.3) is 0 Å². The molecular weight excluding hydrogens is 184 g/mol. The summed E-state index contributed by atoms with van der Waals surface area (Å²) in [4.78, 5) is 10.3. The topological polar surface area (TPSA) is 26.3 Å². The molecule has 0 amide bonds. The molecule has 0 saturated heterocycles. The first-order chi connectivity index (χ1) is 4.89. The number of ether oxygens (including phenoxy) is 1. The van der Waals surface area contributed by atoms with E-state index in [-0.39, 0.29) is 6.61 Å². The van der Waals surface area contributed by atoms with Crippen molar-refractivity contribution in [3.05, 3.63) is 0 Å². The van der Waals surface area contributed by atoms with Gasteiger partial charge in [0.15, 0.2) is 0 Å². The molecule has 0 N–H and O–H groups in total. The fourth-order valence-corrected chi connectivity index (χ4v) is 0.412. The number of esters is 1. The molecule has 66 valence electrons. The molecule has 0 heterocycles. The molecule has 0 aromatic carbocycles. The molecule has 0 spiro atoms. The highest BCUT2D eigenvalue weighted by Crippen LogP contribution is 2.25. The molecule has 0 rings (SSSR count). The van der Waals surface area contributed by atoms with Crippen LogP contribution in [0.2, 0.25) is 0 Å². The van der Waals surface area contributed by atoms with Crippen LogP contribution < -0.4 is 0 Å². The molecule has 0 radical (unpaired) electrons. The Hall–Kier alpha value is -0.450. The number of halogens is 4. The van der Waals surface area contributed by atoms with Gasteiger partial charge in [-0.1, -0.05) is 0 Å². The van der Waals surface area contributed by atoms with Crippen molar-refractivity contribution in [2.45, 2.75) is 18.5 Å². The van der Waals surface area contributed by atoms with Crippen molar-refractivity contribution in [3.8, 4) is 0 Å². The first kappa shape index (κ1) is 10.6. The van der Waals surface area contributed by atoms with Crippen LogP contribution in [0.1, 0.15) is 6.92 Å². The molecule has 0 bridgehead atoms. The maximum absolute atomic E-state index is 11.6. The van der Waals surface area contributed by atoms with Crippen molar-refractivity contribution in [2.75, 3.05) is 6.61 Å². The first-order valence-electron chi connectivity index (χ1n) is 2.77. The van der Waals surface area contributed by atoms with Gasteiger partial charge in [0.25, 0.3) is 0 Å². The van der Waals surface area contributed by atoms with Gasteiger partial charge in [0.1, 0.15) is 0 Å². The van der Waals surface area contributed by atoms with E-state index < -0.39 is 17.5 Å². The van der Waals surface area contributed by atoms with Crippen molar-refractivity contribution >= 4 is 17.6 Å². The van der Waals surface area contributed by atoms with Crippen LogP contribution in [0.5, 0.6) is 0 Å². The molecule has 1 atom stereocenters. The van der Waals surface area contributed by atoms with E-state index in [1.54, 1.807) is 0 Å². The second-order valence-corrected chi connectivity index (χ2v) is 2.09. The zero-order chi connectivity index (χ0) is 9.07. The van der Waals surface area contributed by atoms with Crippen molar-refractivity contribution in [1.82, 2.24) is 0 Å². The second kappa shape index (κ2) is 3.80. The largest absolute Gasteiger partial charge is 0.465 e. The predicted molar refractivity (Wildman–Crippen MR) is 32.3 cm³/mol. The van der Waals surface area contributed by atoms with Gasteiger partial charge >= 0.3 is 12.1 Å². The lowest BCUT2D eigenvalue weighted by atomic mass is 10.4. The Morgan fingerprint density at radius 3 is 2.36 bits per heavy atom.